The Balaban J connectivity index is 2.56. The van der Waals surface area contributed by atoms with Crippen molar-refractivity contribution in [3.05, 3.63) is 46.1 Å². The first kappa shape index (κ1) is 16.4. The second-order valence-corrected chi connectivity index (χ2v) is 5.28. The van der Waals surface area contributed by atoms with Crippen molar-refractivity contribution in [2.75, 3.05) is 13.2 Å². The van der Waals surface area contributed by atoms with Crippen LogP contribution in [0.2, 0.25) is 5.02 Å². The second-order valence-electron chi connectivity index (χ2n) is 4.87. The fourth-order valence-electron chi connectivity index (χ4n) is 2.58. The van der Waals surface area contributed by atoms with Gasteiger partial charge in [-0.2, -0.15) is 0 Å². The molecule has 5 nitrogen and oxygen atoms in total. The molecular weight excluding hydrogens is 304 g/mol. The Morgan fingerprint density at radius 2 is 2.05 bits per heavy atom. The average molecular weight is 323 g/mol. The first-order valence-electron chi connectivity index (χ1n) is 7.21. The molecule has 0 aromatic heterocycles. The second kappa shape index (κ2) is 6.83. The van der Waals surface area contributed by atoms with E-state index in [9.17, 15) is 9.59 Å². The minimum absolute atomic E-state index is 0.252. The number of nitrogens with zero attached hydrogens (tertiary/aromatic N) is 1. The molecule has 0 fully saturated rings. The molecule has 118 valence electrons. The summed E-state index contributed by atoms with van der Waals surface area (Å²) in [6.07, 6.45) is 0. The summed E-state index contributed by atoms with van der Waals surface area (Å²) >= 11 is 6.23. The zero-order valence-electron chi connectivity index (χ0n) is 12.9. The summed E-state index contributed by atoms with van der Waals surface area (Å²) in [5.41, 5.74) is 1.68. The van der Waals surface area contributed by atoms with Gasteiger partial charge in [0.2, 0.25) is 0 Å². The molecule has 1 heterocycles. The summed E-state index contributed by atoms with van der Waals surface area (Å²) in [7, 11) is 0. The molecule has 1 atom stereocenters. The number of halogens is 1. The predicted molar refractivity (Wildman–Crippen MR) is 84.4 cm³/mol. The molecule has 1 aliphatic heterocycles. The molecule has 0 bridgehead atoms. The van der Waals surface area contributed by atoms with E-state index in [0.717, 1.165) is 0 Å². The van der Waals surface area contributed by atoms with E-state index in [1.54, 1.807) is 32.0 Å². The summed E-state index contributed by atoms with van der Waals surface area (Å²) in [5.74, 6) is -0.441. The molecule has 0 spiro atoms. The van der Waals surface area contributed by atoms with Crippen LogP contribution < -0.4 is 5.32 Å². The van der Waals surface area contributed by atoms with Crippen LogP contribution in [0.5, 0.6) is 0 Å². The molecule has 0 saturated carbocycles. The number of rotatable bonds is 4. The fraction of sp³-hybridized carbons (Fsp3) is 0.375. The predicted octanol–water partition coefficient (Wildman–Crippen LogP) is 3.26. The molecule has 0 radical (unpaired) electrons. The Kier molecular flexibility index (Phi) is 5.08. The summed E-state index contributed by atoms with van der Waals surface area (Å²) in [6, 6.07) is 6.28. The zero-order valence-corrected chi connectivity index (χ0v) is 13.6. The van der Waals surface area contributed by atoms with E-state index >= 15 is 0 Å². The van der Waals surface area contributed by atoms with E-state index in [-0.39, 0.29) is 12.6 Å². The van der Waals surface area contributed by atoms with Gasteiger partial charge in [-0.1, -0.05) is 29.8 Å². The van der Waals surface area contributed by atoms with Crippen molar-refractivity contribution in [2.24, 2.45) is 0 Å². The van der Waals surface area contributed by atoms with Gasteiger partial charge in [-0.15, -0.1) is 0 Å². The number of carbonyl (C=O) groups is 2. The van der Waals surface area contributed by atoms with Crippen molar-refractivity contribution in [1.82, 2.24) is 10.2 Å². The average Bonchev–Trinajstić information content (AvgIpc) is 2.47. The van der Waals surface area contributed by atoms with Crippen LogP contribution in [-0.2, 0) is 9.53 Å². The maximum atomic E-state index is 12.4. The van der Waals surface area contributed by atoms with E-state index in [1.165, 1.54) is 4.90 Å². The van der Waals surface area contributed by atoms with Gasteiger partial charge in [-0.05, 0) is 32.4 Å². The van der Waals surface area contributed by atoms with Crippen LogP contribution in [0.25, 0.3) is 0 Å². The molecule has 6 heteroatoms. The van der Waals surface area contributed by atoms with Crippen molar-refractivity contribution in [1.29, 1.82) is 0 Å². The number of esters is 1. The number of benzene rings is 1. The van der Waals surface area contributed by atoms with Crippen LogP contribution in [0.3, 0.4) is 0 Å². The third-order valence-corrected chi connectivity index (χ3v) is 3.97. The highest BCUT2D eigenvalue weighted by atomic mass is 35.5. The normalized spacial score (nSPS) is 18.3. The number of carbonyl (C=O) groups excluding carboxylic acids is 2. The molecular formula is C16H19ClN2O3. The summed E-state index contributed by atoms with van der Waals surface area (Å²) in [5, 5.41) is 3.33. The topological polar surface area (TPSA) is 58.6 Å². The van der Waals surface area contributed by atoms with Gasteiger partial charge in [0, 0.05) is 17.3 Å². The van der Waals surface area contributed by atoms with E-state index in [4.69, 9.17) is 16.3 Å². The van der Waals surface area contributed by atoms with Crippen LogP contribution in [0.1, 0.15) is 32.4 Å². The third-order valence-electron chi connectivity index (χ3n) is 3.62. The van der Waals surface area contributed by atoms with Gasteiger partial charge in [-0.25, -0.2) is 9.59 Å². The maximum absolute atomic E-state index is 12.4. The third kappa shape index (κ3) is 2.95. The number of amides is 2. The smallest absolute Gasteiger partial charge is 0.338 e. The zero-order chi connectivity index (χ0) is 16.3. The number of nitrogens with one attached hydrogen (secondary N) is 1. The van der Waals surface area contributed by atoms with Crippen LogP contribution in [0.15, 0.2) is 35.5 Å². The van der Waals surface area contributed by atoms with E-state index in [1.807, 2.05) is 13.0 Å². The number of ether oxygens (including phenoxy) is 1. The Hall–Kier alpha value is -2.01. The lowest BCUT2D eigenvalue weighted by Gasteiger charge is -2.35. The lowest BCUT2D eigenvalue weighted by atomic mass is 9.95. The summed E-state index contributed by atoms with van der Waals surface area (Å²) in [6.45, 7) is 6.08. The highest BCUT2D eigenvalue weighted by molar-refractivity contribution is 6.31. The van der Waals surface area contributed by atoms with Gasteiger partial charge in [0.1, 0.15) is 0 Å². The van der Waals surface area contributed by atoms with Crippen LogP contribution in [-0.4, -0.2) is 30.1 Å². The van der Waals surface area contributed by atoms with Gasteiger partial charge in [0.25, 0.3) is 0 Å². The minimum Gasteiger partial charge on any atom is -0.463 e. The summed E-state index contributed by atoms with van der Waals surface area (Å²) < 4.78 is 5.15. The minimum atomic E-state index is -0.608. The first-order chi connectivity index (χ1) is 10.5. The molecule has 0 saturated heterocycles. The van der Waals surface area contributed by atoms with Gasteiger partial charge in [-0.3, -0.25) is 4.90 Å². The van der Waals surface area contributed by atoms with Gasteiger partial charge >= 0.3 is 12.0 Å². The molecule has 0 unspecified atom stereocenters. The molecule has 1 aromatic carbocycles. The fourth-order valence-corrected chi connectivity index (χ4v) is 2.82. The first-order valence-corrected chi connectivity index (χ1v) is 7.59. The van der Waals surface area contributed by atoms with Gasteiger partial charge in [0.05, 0.1) is 18.2 Å². The largest absolute Gasteiger partial charge is 0.463 e. The Bertz CT molecular complexity index is 628. The van der Waals surface area contributed by atoms with Crippen molar-refractivity contribution in [3.8, 4) is 0 Å². The van der Waals surface area contributed by atoms with Gasteiger partial charge in [0.15, 0.2) is 0 Å². The van der Waals surface area contributed by atoms with Crippen molar-refractivity contribution < 1.29 is 14.3 Å². The molecule has 22 heavy (non-hydrogen) atoms. The van der Waals surface area contributed by atoms with E-state index in [0.29, 0.717) is 28.4 Å². The molecule has 1 N–H and O–H groups in total. The Morgan fingerprint density at radius 1 is 1.36 bits per heavy atom. The monoisotopic (exact) mass is 322 g/mol. The number of hydrogen-bond donors (Lipinski definition) is 1. The molecule has 0 aliphatic carbocycles. The Labute approximate surface area is 134 Å². The van der Waals surface area contributed by atoms with Crippen LogP contribution in [0.4, 0.5) is 4.79 Å². The van der Waals surface area contributed by atoms with E-state index in [2.05, 4.69) is 5.32 Å². The standard InChI is InChI=1S/C16H19ClN2O3/c1-4-19-10(3)13(15(20)22-5-2)14(18-16(19)21)11-8-6-7-9-12(11)17/h6-9,14H,4-5H2,1-3H3,(H,18,21)/t14-/m1/s1. The number of allylic oxidation sites excluding steroid dienone is 1. The highest BCUT2D eigenvalue weighted by Crippen LogP contribution is 2.34. The van der Waals surface area contributed by atoms with Gasteiger partial charge < -0.3 is 10.1 Å². The van der Waals surface area contributed by atoms with Crippen molar-refractivity contribution in [3.63, 3.8) is 0 Å². The number of hydrogen-bond acceptors (Lipinski definition) is 3. The quantitative estimate of drug-likeness (QED) is 0.866. The lowest BCUT2D eigenvalue weighted by Crippen LogP contribution is -2.48. The molecule has 1 aromatic rings. The van der Waals surface area contributed by atoms with Crippen LogP contribution >= 0.6 is 11.6 Å². The van der Waals surface area contributed by atoms with Crippen LogP contribution in [0, 0.1) is 0 Å². The number of urea groups is 1. The highest BCUT2D eigenvalue weighted by Gasteiger charge is 2.36. The van der Waals surface area contributed by atoms with E-state index < -0.39 is 12.0 Å². The Morgan fingerprint density at radius 3 is 2.64 bits per heavy atom. The SMILES string of the molecule is CCOC(=O)C1=C(C)N(CC)C(=O)N[C@@H]1c1ccccc1Cl. The maximum Gasteiger partial charge on any atom is 0.338 e. The molecule has 2 rings (SSSR count). The molecule has 1 aliphatic rings. The summed E-state index contributed by atoms with van der Waals surface area (Å²) in [4.78, 5) is 26.1. The van der Waals surface area contributed by atoms with Crippen molar-refractivity contribution in [2.45, 2.75) is 26.8 Å². The van der Waals surface area contributed by atoms with Crippen molar-refractivity contribution >= 4 is 23.6 Å². The lowest BCUT2D eigenvalue weighted by molar-refractivity contribution is -0.139. The molecule has 2 amide bonds.